The van der Waals surface area contributed by atoms with Gasteiger partial charge in [-0.2, -0.15) is 5.10 Å². The van der Waals surface area contributed by atoms with E-state index in [1.165, 1.54) is 18.2 Å². The predicted molar refractivity (Wildman–Crippen MR) is 64.5 cm³/mol. The predicted octanol–water partition coefficient (Wildman–Crippen LogP) is 3.70. The van der Waals surface area contributed by atoms with Gasteiger partial charge < -0.3 is 4.74 Å². The maximum atomic E-state index is 12.2. The Morgan fingerprint density at radius 1 is 1.16 bits per heavy atom. The number of aromatic nitrogens is 2. The van der Waals surface area contributed by atoms with Crippen LogP contribution in [0.25, 0.3) is 5.69 Å². The molecule has 0 saturated heterocycles. The number of alkyl halides is 3. The second-order valence-electron chi connectivity index (χ2n) is 4.25. The molecule has 0 atom stereocenters. The van der Waals surface area contributed by atoms with E-state index < -0.39 is 6.36 Å². The number of benzene rings is 1. The van der Waals surface area contributed by atoms with Crippen LogP contribution in [0.1, 0.15) is 17.0 Å². The molecular weight excluding hydrogens is 257 g/mol. The zero-order valence-corrected chi connectivity index (χ0v) is 10.7. The lowest BCUT2D eigenvalue weighted by Gasteiger charge is -2.10. The number of hydrogen-bond donors (Lipinski definition) is 0. The van der Waals surface area contributed by atoms with Crippen molar-refractivity contribution in [3.8, 4) is 11.4 Å². The molecule has 0 amide bonds. The van der Waals surface area contributed by atoms with E-state index in [1.54, 1.807) is 10.7 Å². The standard InChI is InChI=1S/C13H13F3N2O/c1-8-9(2)17-18(10(8)3)11-5-4-6-12(7-11)19-13(14,15)16/h4-7H,1-3H3. The summed E-state index contributed by atoms with van der Waals surface area (Å²) in [6, 6.07) is 5.76. The lowest BCUT2D eigenvalue weighted by atomic mass is 10.2. The summed E-state index contributed by atoms with van der Waals surface area (Å²) in [4.78, 5) is 0. The van der Waals surface area contributed by atoms with Crippen LogP contribution in [-0.4, -0.2) is 16.1 Å². The van der Waals surface area contributed by atoms with Crippen molar-refractivity contribution in [3.05, 3.63) is 41.2 Å². The molecule has 0 bridgehead atoms. The molecule has 0 unspecified atom stereocenters. The van der Waals surface area contributed by atoms with Crippen molar-refractivity contribution in [2.24, 2.45) is 0 Å². The summed E-state index contributed by atoms with van der Waals surface area (Å²) < 4.78 is 42.0. The molecule has 2 aromatic rings. The van der Waals surface area contributed by atoms with Crippen LogP contribution in [0.4, 0.5) is 13.2 Å². The molecule has 1 aromatic carbocycles. The van der Waals surface area contributed by atoms with Gasteiger partial charge in [-0.3, -0.25) is 0 Å². The molecule has 1 aromatic heterocycles. The van der Waals surface area contributed by atoms with Crippen LogP contribution in [0.3, 0.4) is 0 Å². The average Bonchev–Trinajstić information content (AvgIpc) is 2.55. The maximum Gasteiger partial charge on any atom is 0.573 e. The molecule has 102 valence electrons. The van der Waals surface area contributed by atoms with E-state index in [0.29, 0.717) is 5.69 Å². The maximum absolute atomic E-state index is 12.2. The van der Waals surface area contributed by atoms with Crippen LogP contribution < -0.4 is 4.74 Å². The van der Waals surface area contributed by atoms with Crippen LogP contribution in [0.2, 0.25) is 0 Å². The third-order valence-corrected chi connectivity index (χ3v) is 2.95. The number of rotatable bonds is 2. The van der Waals surface area contributed by atoms with Gasteiger partial charge in [0.05, 0.1) is 11.4 Å². The fourth-order valence-corrected chi connectivity index (χ4v) is 1.78. The molecule has 0 aliphatic rings. The van der Waals surface area contributed by atoms with Gasteiger partial charge in [-0.15, -0.1) is 13.2 Å². The molecule has 0 spiro atoms. The summed E-state index contributed by atoms with van der Waals surface area (Å²) in [5, 5.41) is 4.30. The molecule has 0 radical (unpaired) electrons. The van der Waals surface area contributed by atoms with Crippen LogP contribution in [0.15, 0.2) is 24.3 Å². The summed E-state index contributed by atoms with van der Waals surface area (Å²) in [7, 11) is 0. The second-order valence-corrected chi connectivity index (χ2v) is 4.25. The Labute approximate surface area is 108 Å². The Kier molecular flexibility index (Phi) is 3.26. The van der Waals surface area contributed by atoms with Gasteiger partial charge in [-0.25, -0.2) is 4.68 Å². The van der Waals surface area contributed by atoms with Gasteiger partial charge in [-0.05, 0) is 38.5 Å². The SMILES string of the molecule is Cc1nn(-c2cccc(OC(F)(F)F)c2)c(C)c1C. The second kappa shape index (κ2) is 4.60. The number of aryl methyl sites for hydroxylation is 1. The van der Waals surface area contributed by atoms with Crippen LogP contribution >= 0.6 is 0 Å². The number of nitrogens with zero attached hydrogens (tertiary/aromatic N) is 2. The summed E-state index contributed by atoms with van der Waals surface area (Å²) in [5.41, 5.74) is 3.29. The zero-order chi connectivity index (χ0) is 14.2. The van der Waals surface area contributed by atoms with E-state index in [9.17, 15) is 13.2 Å². The van der Waals surface area contributed by atoms with E-state index in [4.69, 9.17) is 0 Å². The van der Waals surface area contributed by atoms with Gasteiger partial charge in [0, 0.05) is 11.8 Å². The van der Waals surface area contributed by atoms with E-state index in [-0.39, 0.29) is 5.75 Å². The van der Waals surface area contributed by atoms with E-state index in [0.717, 1.165) is 17.0 Å². The van der Waals surface area contributed by atoms with E-state index >= 15 is 0 Å². The molecule has 2 rings (SSSR count). The van der Waals surface area contributed by atoms with Crippen molar-refractivity contribution in [2.75, 3.05) is 0 Å². The van der Waals surface area contributed by atoms with Gasteiger partial charge in [0.15, 0.2) is 0 Å². The normalized spacial score (nSPS) is 11.7. The fourth-order valence-electron chi connectivity index (χ4n) is 1.78. The first kappa shape index (κ1) is 13.5. The van der Waals surface area contributed by atoms with Gasteiger partial charge >= 0.3 is 6.36 Å². The van der Waals surface area contributed by atoms with Crippen molar-refractivity contribution in [1.29, 1.82) is 0 Å². The van der Waals surface area contributed by atoms with Crippen molar-refractivity contribution in [2.45, 2.75) is 27.1 Å². The summed E-state index contributed by atoms with van der Waals surface area (Å²) >= 11 is 0. The highest BCUT2D eigenvalue weighted by molar-refractivity contribution is 5.41. The molecule has 0 aliphatic carbocycles. The summed E-state index contributed by atoms with van der Waals surface area (Å²) in [6.45, 7) is 5.64. The van der Waals surface area contributed by atoms with Crippen molar-refractivity contribution in [3.63, 3.8) is 0 Å². The van der Waals surface area contributed by atoms with E-state index in [1.807, 2.05) is 20.8 Å². The fraction of sp³-hybridized carbons (Fsp3) is 0.308. The number of halogens is 3. The van der Waals surface area contributed by atoms with E-state index in [2.05, 4.69) is 9.84 Å². The molecular formula is C13H13F3N2O. The van der Waals surface area contributed by atoms with Gasteiger partial charge in [0.1, 0.15) is 5.75 Å². The molecule has 19 heavy (non-hydrogen) atoms. The van der Waals surface area contributed by atoms with Crippen molar-refractivity contribution < 1.29 is 17.9 Å². The minimum atomic E-state index is -4.69. The highest BCUT2D eigenvalue weighted by Crippen LogP contribution is 2.25. The van der Waals surface area contributed by atoms with Crippen molar-refractivity contribution in [1.82, 2.24) is 9.78 Å². The first-order valence-corrected chi connectivity index (χ1v) is 5.67. The number of ether oxygens (including phenoxy) is 1. The lowest BCUT2D eigenvalue weighted by molar-refractivity contribution is -0.274. The Hall–Kier alpha value is -1.98. The Morgan fingerprint density at radius 2 is 1.84 bits per heavy atom. The topological polar surface area (TPSA) is 27.1 Å². The monoisotopic (exact) mass is 270 g/mol. The van der Waals surface area contributed by atoms with Crippen LogP contribution in [-0.2, 0) is 0 Å². The molecule has 0 saturated carbocycles. The third kappa shape index (κ3) is 2.89. The van der Waals surface area contributed by atoms with Crippen molar-refractivity contribution >= 4 is 0 Å². The lowest BCUT2D eigenvalue weighted by Crippen LogP contribution is -2.17. The van der Waals surface area contributed by atoms with Crippen LogP contribution in [0, 0.1) is 20.8 Å². The molecule has 6 heteroatoms. The first-order chi connectivity index (χ1) is 8.78. The summed E-state index contributed by atoms with van der Waals surface area (Å²) in [5.74, 6) is -0.254. The molecule has 0 N–H and O–H groups in total. The minimum absolute atomic E-state index is 0.254. The first-order valence-electron chi connectivity index (χ1n) is 5.67. The number of hydrogen-bond acceptors (Lipinski definition) is 2. The third-order valence-electron chi connectivity index (χ3n) is 2.95. The highest BCUT2D eigenvalue weighted by atomic mass is 19.4. The molecule has 3 nitrogen and oxygen atoms in total. The Balaban J connectivity index is 2.41. The molecule has 0 aliphatic heterocycles. The Bertz CT molecular complexity index is 602. The highest BCUT2D eigenvalue weighted by Gasteiger charge is 2.31. The quantitative estimate of drug-likeness (QED) is 0.832. The largest absolute Gasteiger partial charge is 0.573 e. The smallest absolute Gasteiger partial charge is 0.406 e. The zero-order valence-electron chi connectivity index (χ0n) is 10.7. The Morgan fingerprint density at radius 3 is 2.37 bits per heavy atom. The van der Waals surface area contributed by atoms with Gasteiger partial charge in [-0.1, -0.05) is 6.07 Å². The van der Waals surface area contributed by atoms with Crippen LogP contribution in [0.5, 0.6) is 5.75 Å². The van der Waals surface area contributed by atoms with Gasteiger partial charge in [0.2, 0.25) is 0 Å². The molecule has 1 heterocycles. The van der Waals surface area contributed by atoms with Gasteiger partial charge in [0.25, 0.3) is 0 Å². The average molecular weight is 270 g/mol. The minimum Gasteiger partial charge on any atom is -0.406 e. The summed E-state index contributed by atoms with van der Waals surface area (Å²) in [6.07, 6.45) is -4.69. The molecule has 0 fully saturated rings.